The van der Waals surface area contributed by atoms with Crippen LogP contribution in [0.5, 0.6) is 0 Å². The molecule has 2 aliphatic heterocycles. The highest BCUT2D eigenvalue weighted by atomic mass is 14.8. The number of aromatic nitrogens is 4. The first kappa shape index (κ1) is 31.9. The maximum atomic E-state index is 10.3. The number of H-pyrrole nitrogens is 2. The molecule has 53 heavy (non-hydrogen) atoms. The maximum absolute atomic E-state index is 10.3. The summed E-state index contributed by atoms with van der Waals surface area (Å²) in [6.45, 7) is 6.31. The van der Waals surface area contributed by atoms with Crippen molar-refractivity contribution in [1.82, 2.24) is 19.9 Å². The molecule has 0 radical (unpaired) electrons. The molecule has 5 nitrogen and oxygen atoms in total. The average molecular weight is 682 g/mol. The number of benzene rings is 4. The third-order valence-electron chi connectivity index (χ3n) is 10.1. The third kappa shape index (κ3) is 5.77. The molecule has 2 aliphatic rings. The van der Waals surface area contributed by atoms with Gasteiger partial charge < -0.3 is 9.97 Å². The van der Waals surface area contributed by atoms with E-state index in [-0.39, 0.29) is 0 Å². The summed E-state index contributed by atoms with van der Waals surface area (Å²) in [4.78, 5) is 18.3. The van der Waals surface area contributed by atoms with Gasteiger partial charge in [0.1, 0.15) is 0 Å². The first-order valence-corrected chi connectivity index (χ1v) is 17.8. The number of hydrogen-bond acceptors (Lipinski definition) is 3. The molecule has 0 saturated carbocycles. The number of nitrogens with zero attached hydrogens (tertiary/aromatic N) is 3. The number of nitriles is 1. The van der Waals surface area contributed by atoms with Crippen molar-refractivity contribution in [3.05, 3.63) is 166 Å². The van der Waals surface area contributed by atoms with Gasteiger partial charge in [-0.25, -0.2) is 9.97 Å². The molecule has 8 bridgehead atoms. The number of aryl methyl sites for hydroxylation is 3. The molecule has 0 amide bonds. The smallest absolute Gasteiger partial charge is 0.0998 e. The molecule has 0 saturated heterocycles. The van der Waals surface area contributed by atoms with E-state index in [1.165, 1.54) is 16.7 Å². The van der Waals surface area contributed by atoms with E-state index in [9.17, 15) is 5.26 Å². The van der Waals surface area contributed by atoms with Crippen molar-refractivity contribution in [2.75, 3.05) is 0 Å². The van der Waals surface area contributed by atoms with Gasteiger partial charge in [0.2, 0.25) is 0 Å². The van der Waals surface area contributed by atoms with Crippen LogP contribution in [0.4, 0.5) is 0 Å². The number of fused-ring (bicyclic) bond motifs is 8. The van der Waals surface area contributed by atoms with Crippen molar-refractivity contribution >= 4 is 46.4 Å². The zero-order valence-electron chi connectivity index (χ0n) is 29.7. The maximum Gasteiger partial charge on any atom is 0.0998 e. The molecule has 2 N–H and O–H groups in total. The molecule has 7 aromatic rings. The van der Waals surface area contributed by atoms with Gasteiger partial charge in [-0.2, -0.15) is 5.26 Å². The summed E-state index contributed by atoms with van der Waals surface area (Å²) >= 11 is 0. The van der Waals surface area contributed by atoms with Crippen LogP contribution >= 0.6 is 0 Å². The van der Waals surface area contributed by atoms with Gasteiger partial charge in [0, 0.05) is 49.9 Å². The summed E-state index contributed by atoms with van der Waals surface area (Å²) in [6.07, 6.45) is 8.39. The van der Waals surface area contributed by atoms with Gasteiger partial charge in [0.05, 0.1) is 34.4 Å². The molecule has 252 valence electrons. The first-order valence-electron chi connectivity index (χ1n) is 17.8. The van der Waals surface area contributed by atoms with Gasteiger partial charge in [-0.15, -0.1) is 0 Å². The highest BCUT2D eigenvalue weighted by Gasteiger charge is 2.20. The van der Waals surface area contributed by atoms with Crippen LogP contribution in [0.1, 0.15) is 45.0 Å². The van der Waals surface area contributed by atoms with Crippen molar-refractivity contribution in [2.45, 2.75) is 20.8 Å². The Labute approximate surface area is 308 Å². The lowest BCUT2D eigenvalue weighted by atomic mass is 9.99. The Morgan fingerprint density at radius 1 is 0.415 bits per heavy atom. The minimum absolute atomic E-state index is 0.582. The zero-order valence-corrected chi connectivity index (χ0v) is 29.7. The van der Waals surface area contributed by atoms with Gasteiger partial charge in [-0.3, -0.25) is 0 Å². The van der Waals surface area contributed by atoms with E-state index in [2.05, 4.69) is 158 Å². The fourth-order valence-corrected chi connectivity index (χ4v) is 7.36. The van der Waals surface area contributed by atoms with Crippen LogP contribution in [0.2, 0.25) is 0 Å². The number of rotatable bonds is 4. The standard InChI is InChI=1S/C48H35N5/c1-29-8-14-32(15-9-29)45-37-20-22-39(50-37)46(33-16-10-30(2)11-17-33)41-24-26-43(52-41)48(36-7-5-4-6-35(36)28-49)44-27-25-42(53-44)47(40-23-21-38(45)51-40)34-18-12-31(3)13-19-34/h4-27,50,53H,1-3H3. The summed E-state index contributed by atoms with van der Waals surface area (Å²) in [5, 5.41) is 10.3. The Morgan fingerprint density at radius 2 is 0.755 bits per heavy atom. The van der Waals surface area contributed by atoms with E-state index < -0.39 is 0 Å². The lowest BCUT2D eigenvalue weighted by Crippen LogP contribution is -1.91. The second kappa shape index (κ2) is 12.9. The molecular formula is C48H35N5. The van der Waals surface area contributed by atoms with Crippen LogP contribution in [0.25, 0.3) is 90.9 Å². The van der Waals surface area contributed by atoms with Gasteiger partial charge in [-0.1, -0.05) is 108 Å². The second-order valence-corrected chi connectivity index (χ2v) is 13.8. The summed E-state index contributed by atoms with van der Waals surface area (Å²) < 4.78 is 0. The summed E-state index contributed by atoms with van der Waals surface area (Å²) in [5.41, 5.74) is 19.1. The molecule has 9 rings (SSSR count). The van der Waals surface area contributed by atoms with Crippen LogP contribution in [0.3, 0.4) is 0 Å². The fourth-order valence-electron chi connectivity index (χ4n) is 7.36. The molecule has 0 spiro atoms. The Morgan fingerprint density at radius 3 is 1.13 bits per heavy atom. The number of aromatic amines is 2. The van der Waals surface area contributed by atoms with E-state index in [1.54, 1.807) is 0 Å². The van der Waals surface area contributed by atoms with Crippen LogP contribution in [0.15, 0.2) is 121 Å². The molecule has 5 heteroatoms. The quantitative estimate of drug-likeness (QED) is 0.194. The van der Waals surface area contributed by atoms with Crippen LogP contribution in [-0.4, -0.2) is 19.9 Å². The van der Waals surface area contributed by atoms with Gasteiger partial charge >= 0.3 is 0 Å². The Bertz CT molecular complexity index is 2800. The minimum atomic E-state index is 0.582. The van der Waals surface area contributed by atoms with E-state index in [0.29, 0.717) is 5.56 Å². The SMILES string of the molecule is Cc1ccc(-c2c3nc(c(-c4ccc(C)cc4)c4ccc([nH]4)c(-c4ccccc4C#N)c4nc(c(-c5ccc(C)cc5)c5ccc2[nH]5)C=C4)C=C3)cc1. The molecule has 0 atom stereocenters. The van der Waals surface area contributed by atoms with Crippen LogP contribution in [-0.2, 0) is 0 Å². The van der Waals surface area contributed by atoms with Crippen LogP contribution in [0, 0.1) is 32.1 Å². The van der Waals surface area contributed by atoms with Gasteiger partial charge in [0.15, 0.2) is 0 Å². The van der Waals surface area contributed by atoms with Gasteiger partial charge in [0.25, 0.3) is 0 Å². The predicted octanol–water partition coefficient (Wildman–Crippen LogP) is 12.1. The lowest BCUT2D eigenvalue weighted by Gasteiger charge is -2.08. The highest BCUT2D eigenvalue weighted by Crippen LogP contribution is 2.39. The molecule has 0 aliphatic carbocycles. The zero-order chi connectivity index (χ0) is 36.1. The van der Waals surface area contributed by atoms with Crippen molar-refractivity contribution in [1.29, 1.82) is 5.26 Å². The number of nitrogens with one attached hydrogen (secondary N) is 2. The van der Waals surface area contributed by atoms with Crippen LogP contribution < -0.4 is 0 Å². The minimum Gasteiger partial charge on any atom is -0.354 e. The molecule has 3 aromatic heterocycles. The highest BCUT2D eigenvalue weighted by molar-refractivity contribution is 6.00. The van der Waals surface area contributed by atoms with Crippen molar-refractivity contribution in [2.24, 2.45) is 0 Å². The molecule has 0 fully saturated rings. The summed E-state index contributed by atoms with van der Waals surface area (Å²) in [6, 6.07) is 44.5. The normalized spacial score (nSPS) is 11.9. The monoisotopic (exact) mass is 681 g/mol. The summed E-state index contributed by atoms with van der Waals surface area (Å²) in [7, 11) is 0. The van der Waals surface area contributed by atoms with Crippen molar-refractivity contribution < 1.29 is 0 Å². The Kier molecular flexibility index (Phi) is 7.79. The first-order chi connectivity index (χ1) is 25.9. The Hall–Kier alpha value is -7.03. The van der Waals surface area contributed by atoms with Gasteiger partial charge in [-0.05, 0) is 92.1 Å². The Balaban J connectivity index is 1.48. The molecule has 0 unspecified atom stereocenters. The fraction of sp³-hybridized carbons (Fsp3) is 0.0625. The topological polar surface area (TPSA) is 81.2 Å². The number of hydrogen-bond donors (Lipinski definition) is 2. The average Bonchev–Trinajstić information content (AvgIpc) is 4.02. The van der Waals surface area contributed by atoms with E-state index in [0.717, 1.165) is 89.4 Å². The lowest BCUT2D eigenvalue weighted by molar-refractivity contribution is 1.31. The van der Waals surface area contributed by atoms with E-state index in [4.69, 9.17) is 9.97 Å². The molecule has 5 heterocycles. The third-order valence-corrected chi connectivity index (χ3v) is 10.1. The second-order valence-electron chi connectivity index (χ2n) is 13.8. The van der Waals surface area contributed by atoms with E-state index in [1.807, 2.05) is 24.3 Å². The predicted molar refractivity (Wildman–Crippen MR) is 220 cm³/mol. The van der Waals surface area contributed by atoms with E-state index >= 15 is 0 Å². The molecule has 4 aromatic carbocycles. The largest absolute Gasteiger partial charge is 0.354 e. The summed E-state index contributed by atoms with van der Waals surface area (Å²) in [5.74, 6) is 0. The van der Waals surface area contributed by atoms with Crippen molar-refractivity contribution in [3.63, 3.8) is 0 Å². The molecular weight excluding hydrogens is 647 g/mol. The van der Waals surface area contributed by atoms with Crippen molar-refractivity contribution in [3.8, 4) is 50.6 Å².